The summed E-state index contributed by atoms with van der Waals surface area (Å²) in [6.45, 7) is 2.94. The Kier molecular flexibility index (Phi) is 4.84. The third-order valence-corrected chi connectivity index (χ3v) is 3.37. The zero-order valence-corrected chi connectivity index (χ0v) is 9.39. The highest BCUT2D eigenvalue weighted by Gasteiger charge is 1.99. The Morgan fingerprint density at radius 1 is 1.43 bits per heavy atom. The summed E-state index contributed by atoms with van der Waals surface area (Å²) in [5.74, 6) is 2.74. The zero-order chi connectivity index (χ0) is 10.4. The molecular weight excluding hydrogens is 192 g/mol. The van der Waals surface area contributed by atoms with Crippen molar-refractivity contribution in [3.8, 4) is 0 Å². The molecule has 14 heavy (non-hydrogen) atoms. The Hall–Kier alpha value is -0.670. The number of thioether (sulfide) groups is 1. The second-order valence-electron chi connectivity index (χ2n) is 3.60. The van der Waals surface area contributed by atoms with Crippen LogP contribution in [0.2, 0.25) is 0 Å². The summed E-state index contributed by atoms with van der Waals surface area (Å²) in [6, 6.07) is 8.05. The highest BCUT2D eigenvalue weighted by atomic mass is 32.2. The summed E-state index contributed by atoms with van der Waals surface area (Å²) in [5, 5.41) is 0. The summed E-state index contributed by atoms with van der Waals surface area (Å²) in [5.41, 5.74) is 13.4. The van der Waals surface area contributed by atoms with Gasteiger partial charge in [0.05, 0.1) is 0 Å². The van der Waals surface area contributed by atoms with Crippen molar-refractivity contribution in [1.82, 2.24) is 0 Å². The van der Waals surface area contributed by atoms with Gasteiger partial charge in [-0.15, -0.1) is 0 Å². The van der Waals surface area contributed by atoms with Crippen LogP contribution in [0.15, 0.2) is 24.3 Å². The lowest BCUT2D eigenvalue weighted by Gasteiger charge is -2.07. The summed E-state index contributed by atoms with van der Waals surface area (Å²) in [4.78, 5) is 0. The molecule has 0 radical (unpaired) electrons. The third-order valence-electron chi connectivity index (χ3n) is 2.02. The molecule has 0 amide bonds. The van der Waals surface area contributed by atoms with Gasteiger partial charge in [0.2, 0.25) is 0 Å². The Morgan fingerprint density at radius 2 is 2.21 bits per heavy atom. The van der Waals surface area contributed by atoms with E-state index in [0.717, 1.165) is 23.7 Å². The molecule has 2 nitrogen and oxygen atoms in total. The van der Waals surface area contributed by atoms with Gasteiger partial charge in [-0.1, -0.05) is 19.1 Å². The van der Waals surface area contributed by atoms with Crippen molar-refractivity contribution >= 4 is 17.4 Å². The fourth-order valence-corrected chi connectivity index (χ4v) is 2.20. The molecule has 3 heteroatoms. The van der Waals surface area contributed by atoms with Crippen molar-refractivity contribution < 1.29 is 0 Å². The molecule has 0 aliphatic heterocycles. The maximum atomic E-state index is 5.69. The summed E-state index contributed by atoms with van der Waals surface area (Å²) < 4.78 is 0. The van der Waals surface area contributed by atoms with Gasteiger partial charge in [0.1, 0.15) is 0 Å². The predicted octanol–water partition coefficient (Wildman–Crippen LogP) is 2.10. The van der Waals surface area contributed by atoms with E-state index in [-0.39, 0.29) is 0 Å². The van der Waals surface area contributed by atoms with Crippen molar-refractivity contribution in [3.05, 3.63) is 29.8 Å². The van der Waals surface area contributed by atoms with Crippen molar-refractivity contribution in [3.63, 3.8) is 0 Å². The van der Waals surface area contributed by atoms with Gasteiger partial charge in [0, 0.05) is 11.4 Å². The number of hydrogen-bond acceptors (Lipinski definition) is 3. The van der Waals surface area contributed by atoms with Crippen LogP contribution >= 0.6 is 11.8 Å². The van der Waals surface area contributed by atoms with E-state index in [1.54, 1.807) is 0 Å². The smallest absolute Gasteiger partial charge is 0.0317 e. The average molecular weight is 210 g/mol. The molecule has 0 aliphatic rings. The number of anilines is 1. The largest absolute Gasteiger partial charge is 0.399 e. The van der Waals surface area contributed by atoms with Gasteiger partial charge in [-0.3, -0.25) is 0 Å². The Bertz CT molecular complexity index is 276. The van der Waals surface area contributed by atoms with E-state index in [0.29, 0.717) is 5.92 Å². The van der Waals surface area contributed by atoms with Gasteiger partial charge < -0.3 is 11.5 Å². The van der Waals surface area contributed by atoms with E-state index in [1.807, 2.05) is 30.0 Å². The second-order valence-corrected chi connectivity index (χ2v) is 4.63. The van der Waals surface area contributed by atoms with Crippen molar-refractivity contribution in [2.45, 2.75) is 12.7 Å². The Balaban J connectivity index is 2.31. The molecule has 1 unspecified atom stereocenters. The molecule has 0 aliphatic carbocycles. The first kappa shape index (κ1) is 11.4. The molecule has 1 atom stereocenters. The molecule has 1 aromatic carbocycles. The first-order valence-corrected chi connectivity index (χ1v) is 6.00. The van der Waals surface area contributed by atoms with Crippen molar-refractivity contribution in [1.29, 1.82) is 0 Å². The molecule has 0 aromatic heterocycles. The number of benzene rings is 1. The molecule has 1 rings (SSSR count). The summed E-state index contributed by atoms with van der Waals surface area (Å²) in [7, 11) is 0. The maximum absolute atomic E-state index is 5.69. The van der Waals surface area contributed by atoms with Crippen LogP contribution < -0.4 is 11.5 Å². The first-order valence-electron chi connectivity index (χ1n) is 4.84. The van der Waals surface area contributed by atoms with Crippen molar-refractivity contribution in [2.24, 2.45) is 11.7 Å². The molecule has 0 bridgehead atoms. The van der Waals surface area contributed by atoms with Crippen LogP contribution in [0.1, 0.15) is 12.5 Å². The fraction of sp³-hybridized carbons (Fsp3) is 0.455. The third kappa shape index (κ3) is 4.03. The van der Waals surface area contributed by atoms with E-state index in [4.69, 9.17) is 11.5 Å². The van der Waals surface area contributed by atoms with E-state index in [1.165, 1.54) is 5.56 Å². The lowest BCUT2D eigenvalue weighted by atomic mass is 10.2. The normalized spacial score (nSPS) is 12.7. The monoisotopic (exact) mass is 210 g/mol. The van der Waals surface area contributed by atoms with Gasteiger partial charge >= 0.3 is 0 Å². The van der Waals surface area contributed by atoms with E-state index in [9.17, 15) is 0 Å². The van der Waals surface area contributed by atoms with Crippen molar-refractivity contribution in [2.75, 3.05) is 18.0 Å². The molecule has 1 aromatic rings. The molecular formula is C11H18N2S. The highest BCUT2D eigenvalue weighted by molar-refractivity contribution is 7.98. The molecule has 0 spiro atoms. The molecule has 78 valence electrons. The van der Waals surface area contributed by atoms with Gasteiger partial charge in [0.25, 0.3) is 0 Å². The number of nitrogen functional groups attached to an aromatic ring is 1. The van der Waals surface area contributed by atoms with E-state index >= 15 is 0 Å². The standard InChI is InChI=1S/C11H18N2S/c1-9(6-12)7-14-8-10-3-2-4-11(13)5-10/h2-5,9H,6-8,12-13H2,1H3. The van der Waals surface area contributed by atoms with Crippen LogP contribution in [-0.4, -0.2) is 12.3 Å². The summed E-state index contributed by atoms with van der Waals surface area (Å²) in [6.07, 6.45) is 0. The minimum atomic E-state index is 0.598. The number of hydrogen-bond donors (Lipinski definition) is 2. The fourth-order valence-electron chi connectivity index (χ4n) is 1.13. The van der Waals surface area contributed by atoms with Crippen LogP contribution in [0.3, 0.4) is 0 Å². The van der Waals surface area contributed by atoms with Gasteiger partial charge in [-0.05, 0) is 35.9 Å². The quantitative estimate of drug-likeness (QED) is 0.732. The van der Waals surface area contributed by atoms with Crippen LogP contribution in [0.4, 0.5) is 5.69 Å². The highest BCUT2D eigenvalue weighted by Crippen LogP contribution is 2.16. The average Bonchev–Trinajstić information content (AvgIpc) is 2.17. The van der Waals surface area contributed by atoms with E-state index in [2.05, 4.69) is 13.0 Å². The molecule has 0 saturated heterocycles. The van der Waals surface area contributed by atoms with Gasteiger partial charge in [-0.2, -0.15) is 11.8 Å². The molecule has 4 N–H and O–H groups in total. The van der Waals surface area contributed by atoms with Crippen LogP contribution in [0.25, 0.3) is 0 Å². The van der Waals surface area contributed by atoms with Crippen LogP contribution in [-0.2, 0) is 5.75 Å². The second kappa shape index (κ2) is 5.94. The SMILES string of the molecule is CC(CN)CSCc1cccc(N)c1. The zero-order valence-electron chi connectivity index (χ0n) is 8.57. The lowest BCUT2D eigenvalue weighted by molar-refractivity contribution is 0.675. The number of nitrogens with two attached hydrogens (primary N) is 2. The molecule has 0 fully saturated rings. The molecule has 0 saturated carbocycles. The number of rotatable bonds is 5. The maximum Gasteiger partial charge on any atom is 0.0317 e. The topological polar surface area (TPSA) is 52.0 Å². The van der Waals surface area contributed by atoms with E-state index < -0.39 is 0 Å². The Labute approximate surface area is 90.1 Å². The Morgan fingerprint density at radius 3 is 2.86 bits per heavy atom. The van der Waals surface area contributed by atoms with Gasteiger partial charge in [0.15, 0.2) is 0 Å². The minimum Gasteiger partial charge on any atom is -0.399 e. The first-order chi connectivity index (χ1) is 6.72. The van der Waals surface area contributed by atoms with Crippen LogP contribution in [0, 0.1) is 5.92 Å². The molecule has 0 heterocycles. The lowest BCUT2D eigenvalue weighted by Crippen LogP contribution is -2.12. The summed E-state index contributed by atoms with van der Waals surface area (Å²) >= 11 is 1.91. The van der Waals surface area contributed by atoms with Crippen LogP contribution in [0.5, 0.6) is 0 Å². The van der Waals surface area contributed by atoms with Gasteiger partial charge in [-0.25, -0.2) is 0 Å². The minimum absolute atomic E-state index is 0.598. The predicted molar refractivity (Wildman–Crippen MR) is 65.2 cm³/mol.